The number of nitrogens with one attached hydrogen (secondary N) is 2. The number of carbonyl (C=O) groups is 1. The van der Waals surface area contributed by atoms with Crippen molar-refractivity contribution in [2.24, 2.45) is 4.99 Å². The van der Waals surface area contributed by atoms with E-state index in [1.165, 1.54) is 12.8 Å². The topological polar surface area (TPSA) is 53.5 Å². The van der Waals surface area contributed by atoms with Crippen molar-refractivity contribution in [1.82, 2.24) is 10.6 Å². The average Bonchev–Trinajstić information content (AvgIpc) is 2.15. The SMILES string of the molecule is CC(C)NC(=O)CNC1=NCCCC1. The molecular weight excluding hydrogens is 178 g/mol. The molecule has 1 aliphatic heterocycles. The molecule has 0 radical (unpaired) electrons. The van der Waals surface area contributed by atoms with Crippen LogP contribution in [-0.4, -0.2) is 30.9 Å². The van der Waals surface area contributed by atoms with Crippen molar-refractivity contribution >= 4 is 11.7 Å². The number of rotatable bonds is 3. The second-order valence-corrected chi connectivity index (χ2v) is 3.86. The minimum Gasteiger partial charge on any atom is -0.365 e. The second kappa shape index (κ2) is 5.62. The van der Waals surface area contributed by atoms with Gasteiger partial charge >= 0.3 is 0 Å². The summed E-state index contributed by atoms with van der Waals surface area (Å²) in [7, 11) is 0. The van der Waals surface area contributed by atoms with E-state index in [4.69, 9.17) is 0 Å². The van der Waals surface area contributed by atoms with E-state index in [1.54, 1.807) is 0 Å². The Morgan fingerprint density at radius 1 is 1.50 bits per heavy atom. The molecule has 0 spiro atoms. The fraction of sp³-hybridized carbons (Fsp3) is 0.800. The second-order valence-electron chi connectivity index (χ2n) is 3.86. The zero-order valence-electron chi connectivity index (χ0n) is 8.97. The lowest BCUT2D eigenvalue weighted by Crippen LogP contribution is -2.40. The molecule has 2 N–H and O–H groups in total. The van der Waals surface area contributed by atoms with E-state index in [-0.39, 0.29) is 11.9 Å². The Kier molecular flexibility index (Phi) is 4.43. The molecule has 1 rings (SSSR count). The van der Waals surface area contributed by atoms with Gasteiger partial charge in [-0.05, 0) is 26.7 Å². The molecule has 1 aliphatic rings. The Balaban J connectivity index is 2.19. The van der Waals surface area contributed by atoms with Gasteiger partial charge in [0.1, 0.15) is 0 Å². The summed E-state index contributed by atoms with van der Waals surface area (Å²) in [6.45, 7) is 5.15. The molecule has 1 amide bonds. The number of hydrogen-bond donors (Lipinski definition) is 2. The first kappa shape index (κ1) is 11.0. The Labute approximate surface area is 85.2 Å². The summed E-state index contributed by atoms with van der Waals surface area (Å²) in [6.07, 6.45) is 3.33. The molecular formula is C10H19N3O. The first-order chi connectivity index (χ1) is 6.68. The van der Waals surface area contributed by atoms with E-state index in [0.29, 0.717) is 6.54 Å². The van der Waals surface area contributed by atoms with Crippen LogP contribution in [0.2, 0.25) is 0 Å². The summed E-state index contributed by atoms with van der Waals surface area (Å²) >= 11 is 0. The van der Waals surface area contributed by atoms with Gasteiger partial charge < -0.3 is 10.6 Å². The molecule has 0 aliphatic carbocycles. The Hall–Kier alpha value is -1.06. The predicted octanol–water partition coefficient (Wildman–Crippen LogP) is 0.683. The van der Waals surface area contributed by atoms with E-state index < -0.39 is 0 Å². The van der Waals surface area contributed by atoms with E-state index in [0.717, 1.165) is 18.8 Å². The lowest BCUT2D eigenvalue weighted by atomic mass is 10.2. The standard InChI is InChI=1S/C10H19N3O/c1-8(2)13-10(14)7-12-9-5-3-4-6-11-9/h8H,3-7H2,1-2H3,(H,11,12)(H,13,14). The fourth-order valence-electron chi connectivity index (χ4n) is 1.40. The number of amides is 1. The van der Waals surface area contributed by atoms with Gasteiger partial charge in [0.15, 0.2) is 0 Å². The van der Waals surface area contributed by atoms with Crippen molar-refractivity contribution in [3.63, 3.8) is 0 Å². The molecule has 0 aromatic heterocycles. The molecule has 80 valence electrons. The molecule has 4 heteroatoms. The lowest BCUT2D eigenvalue weighted by Gasteiger charge is -2.14. The predicted molar refractivity (Wildman–Crippen MR) is 57.4 cm³/mol. The molecule has 0 atom stereocenters. The van der Waals surface area contributed by atoms with E-state index in [1.807, 2.05) is 13.8 Å². The van der Waals surface area contributed by atoms with Gasteiger partial charge in [-0.1, -0.05) is 0 Å². The Morgan fingerprint density at radius 2 is 2.29 bits per heavy atom. The Morgan fingerprint density at radius 3 is 2.86 bits per heavy atom. The molecule has 0 saturated carbocycles. The molecule has 0 bridgehead atoms. The van der Waals surface area contributed by atoms with Gasteiger partial charge in [0.2, 0.25) is 5.91 Å². The van der Waals surface area contributed by atoms with Crippen LogP contribution >= 0.6 is 0 Å². The van der Waals surface area contributed by atoms with Crippen molar-refractivity contribution in [3.8, 4) is 0 Å². The number of hydrogen-bond acceptors (Lipinski definition) is 3. The average molecular weight is 197 g/mol. The lowest BCUT2D eigenvalue weighted by molar-refractivity contribution is -0.120. The molecule has 14 heavy (non-hydrogen) atoms. The van der Waals surface area contributed by atoms with Crippen molar-refractivity contribution in [2.45, 2.75) is 39.2 Å². The van der Waals surface area contributed by atoms with E-state index >= 15 is 0 Å². The van der Waals surface area contributed by atoms with Gasteiger partial charge in [-0.3, -0.25) is 9.79 Å². The minimum atomic E-state index is 0.0354. The van der Waals surface area contributed by atoms with Crippen LogP contribution in [0, 0.1) is 0 Å². The Bertz CT molecular complexity index is 223. The first-order valence-corrected chi connectivity index (χ1v) is 5.25. The minimum absolute atomic E-state index is 0.0354. The number of carbonyl (C=O) groups excluding carboxylic acids is 1. The number of aliphatic imine (C=N–C) groups is 1. The number of nitrogens with zero attached hydrogens (tertiary/aromatic N) is 1. The molecule has 0 unspecified atom stereocenters. The van der Waals surface area contributed by atoms with Crippen molar-refractivity contribution in [2.75, 3.05) is 13.1 Å². The van der Waals surface area contributed by atoms with Crippen LogP contribution in [-0.2, 0) is 4.79 Å². The van der Waals surface area contributed by atoms with Gasteiger partial charge in [-0.25, -0.2) is 0 Å². The summed E-state index contributed by atoms with van der Waals surface area (Å²) in [5, 5.41) is 5.89. The highest BCUT2D eigenvalue weighted by molar-refractivity contribution is 5.88. The van der Waals surface area contributed by atoms with Crippen LogP contribution in [0.25, 0.3) is 0 Å². The molecule has 0 aromatic rings. The largest absolute Gasteiger partial charge is 0.365 e. The normalized spacial score (nSPS) is 16.4. The number of amidine groups is 1. The van der Waals surface area contributed by atoms with Gasteiger partial charge in [0, 0.05) is 19.0 Å². The van der Waals surface area contributed by atoms with Crippen LogP contribution < -0.4 is 10.6 Å². The van der Waals surface area contributed by atoms with Crippen LogP contribution in [0.3, 0.4) is 0 Å². The van der Waals surface area contributed by atoms with Gasteiger partial charge in [-0.2, -0.15) is 0 Å². The van der Waals surface area contributed by atoms with Crippen molar-refractivity contribution in [1.29, 1.82) is 0 Å². The summed E-state index contributed by atoms with van der Waals surface area (Å²) in [5.74, 6) is 1.02. The molecule has 4 nitrogen and oxygen atoms in total. The molecule has 1 heterocycles. The third kappa shape index (κ3) is 4.25. The maximum atomic E-state index is 11.3. The molecule has 0 saturated heterocycles. The molecule has 0 aromatic carbocycles. The summed E-state index contributed by atoms with van der Waals surface area (Å²) in [5.41, 5.74) is 0. The van der Waals surface area contributed by atoms with Crippen LogP contribution in [0.4, 0.5) is 0 Å². The summed E-state index contributed by atoms with van der Waals surface area (Å²) in [6, 6.07) is 0.206. The fourth-order valence-corrected chi connectivity index (χ4v) is 1.40. The third-order valence-electron chi connectivity index (χ3n) is 2.03. The first-order valence-electron chi connectivity index (χ1n) is 5.25. The zero-order chi connectivity index (χ0) is 10.4. The zero-order valence-corrected chi connectivity index (χ0v) is 8.97. The monoisotopic (exact) mass is 197 g/mol. The highest BCUT2D eigenvalue weighted by atomic mass is 16.1. The quantitative estimate of drug-likeness (QED) is 0.699. The third-order valence-corrected chi connectivity index (χ3v) is 2.03. The van der Waals surface area contributed by atoms with E-state index in [2.05, 4.69) is 15.6 Å². The van der Waals surface area contributed by atoms with Crippen LogP contribution in [0.1, 0.15) is 33.1 Å². The van der Waals surface area contributed by atoms with E-state index in [9.17, 15) is 4.79 Å². The highest BCUT2D eigenvalue weighted by Gasteiger charge is 2.07. The van der Waals surface area contributed by atoms with Gasteiger partial charge in [-0.15, -0.1) is 0 Å². The van der Waals surface area contributed by atoms with Gasteiger partial charge in [0.25, 0.3) is 0 Å². The maximum Gasteiger partial charge on any atom is 0.239 e. The summed E-state index contributed by atoms with van der Waals surface area (Å²) < 4.78 is 0. The van der Waals surface area contributed by atoms with Crippen LogP contribution in [0.15, 0.2) is 4.99 Å². The maximum absolute atomic E-state index is 11.3. The summed E-state index contributed by atoms with van der Waals surface area (Å²) in [4.78, 5) is 15.6. The van der Waals surface area contributed by atoms with Crippen molar-refractivity contribution < 1.29 is 4.79 Å². The van der Waals surface area contributed by atoms with Crippen LogP contribution in [0.5, 0.6) is 0 Å². The smallest absolute Gasteiger partial charge is 0.239 e. The molecule has 0 fully saturated rings. The van der Waals surface area contributed by atoms with Crippen molar-refractivity contribution in [3.05, 3.63) is 0 Å². The van der Waals surface area contributed by atoms with Gasteiger partial charge in [0.05, 0.1) is 12.4 Å². The highest BCUT2D eigenvalue weighted by Crippen LogP contribution is 2.03.